The van der Waals surface area contributed by atoms with Crippen LogP contribution in [0.25, 0.3) is 22.2 Å². The number of carbonyl (C=O) groups excluding carboxylic acids is 1. The number of fused-ring (bicyclic) bond motifs is 1. The van der Waals surface area contributed by atoms with Crippen molar-refractivity contribution in [1.82, 2.24) is 24.8 Å². The Morgan fingerprint density at radius 2 is 1.76 bits per heavy atom. The summed E-state index contributed by atoms with van der Waals surface area (Å²) in [6.07, 6.45) is 6.89. The molecule has 3 aromatic heterocycles. The van der Waals surface area contributed by atoms with Gasteiger partial charge in [0.25, 0.3) is 5.56 Å². The molecule has 5 rings (SSSR count). The van der Waals surface area contributed by atoms with Gasteiger partial charge in [-0.3, -0.25) is 19.1 Å². The molecule has 37 heavy (non-hydrogen) atoms. The lowest BCUT2D eigenvalue weighted by Gasteiger charge is -2.15. The summed E-state index contributed by atoms with van der Waals surface area (Å²) in [4.78, 5) is 38.1. The largest absolute Gasteiger partial charge is 0.365 e. The standard InChI is InChI=1S/C29H28N6O2/c36-27(32-18-24-16-23-17-30-15-13-25(23)34-24)20-35-26(22-11-5-2-6-12-22)19-33-28(29(35)37)31-14-7-10-21-8-3-1-4-9-21/h1-6,8-9,11-13,15-17,19,34H,7,10,14,18,20H2,(H,31,33)(H,32,36). The zero-order valence-electron chi connectivity index (χ0n) is 20.4. The van der Waals surface area contributed by atoms with E-state index in [0.717, 1.165) is 35.0 Å². The van der Waals surface area contributed by atoms with Crippen LogP contribution in [0.3, 0.4) is 0 Å². The first-order valence-corrected chi connectivity index (χ1v) is 12.3. The molecule has 0 saturated carbocycles. The van der Waals surface area contributed by atoms with E-state index in [1.807, 2.05) is 60.7 Å². The second kappa shape index (κ2) is 11.3. The molecule has 1 amide bonds. The van der Waals surface area contributed by atoms with Crippen molar-refractivity contribution in [2.45, 2.75) is 25.9 Å². The summed E-state index contributed by atoms with van der Waals surface area (Å²) < 4.78 is 1.48. The monoisotopic (exact) mass is 492 g/mol. The third-order valence-electron chi connectivity index (χ3n) is 6.16. The number of anilines is 1. The minimum atomic E-state index is -0.326. The molecule has 0 spiro atoms. The van der Waals surface area contributed by atoms with Crippen molar-refractivity contribution in [3.8, 4) is 11.3 Å². The van der Waals surface area contributed by atoms with Gasteiger partial charge in [-0.2, -0.15) is 0 Å². The van der Waals surface area contributed by atoms with Crippen LogP contribution in [0.4, 0.5) is 5.82 Å². The average molecular weight is 493 g/mol. The molecule has 0 saturated heterocycles. The predicted molar refractivity (Wildman–Crippen MR) is 145 cm³/mol. The Labute approximate surface area is 214 Å². The Kier molecular flexibility index (Phi) is 7.36. The summed E-state index contributed by atoms with van der Waals surface area (Å²) in [5.74, 6) is -0.0269. The molecule has 8 heteroatoms. The Morgan fingerprint density at radius 1 is 0.973 bits per heavy atom. The second-order valence-corrected chi connectivity index (χ2v) is 8.80. The van der Waals surface area contributed by atoms with E-state index in [9.17, 15) is 9.59 Å². The Morgan fingerprint density at radius 3 is 2.54 bits per heavy atom. The van der Waals surface area contributed by atoms with E-state index in [1.165, 1.54) is 10.1 Å². The maximum Gasteiger partial charge on any atom is 0.294 e. The van der Waals surface area contributed by atoms with Gasteiger partial charge in [-0.05, 0) is 36.1 Å². The number of amides is 1. The summed E-state index contributed by atoms with van der Waals surface area (Å²) in [5.41, 5.74) is 4.15. The van der Waals surface area contributed by atoms with Crippen molar-refractivity contribution >= 4 is 22.6 Å². The number of nitrogens with zero attached hydrogens (tertiary/aromatic N) is 3. The van der Waals surface area contributed by atoms with Crippen molar-refractivity contribution < 1.29 is 4.79 Å². The van der Waals surface area contributed by atoms with Crippen LogP contribution in [0.15, 0.2) is 96.2 Å². The molecule has 186 valence electrons. The van der Waals surface area contributed by atoms with Gasteiger partial charge in [-0.1, -0.05) is 60.7 Å². The topological polar surface area (TPSA) is 105 Å². The van der Waals surface area contributed by atoms with E-state index in [2.05, 4.69) is 37.7 Å². The molecule has 0 aliphatic rings. The maximum atomic E-state index is 13.4. The van der Waals surface area contributed by atoms with Gasteiger partial charge in [0.2, 0.25) is 5.91 Å². The number of pyridine rings is 1. The number of aryl methyl sites for hydroxylation is 1. The summed E-state index contributed by atoms with van der Waals surface area (Å²) in [6.45, 7) is 0.800. The fourth-order valence-corrected chi connectivity index (χ4v) is 4.27. The van der Waals surface area contributed by atoms with E-state index in [0.29, 0.717) is 18.8 Å². The van der Waals surface area contributed by atoms with Crippen LogP contribution in [0.2, 0.25) is 0 Å². The Bertz CT molecular complexity index is 1510. The molecule has 0 aliphatic heterocycles. The fourth-order valence-electron chi connectivity index (χ4n) is 4.27. The molecular weight excluding hydrogens is 464 g/mol. The summed E-state index contributed by atoms with van der Waals surface area (Å²) >= 11 is 0. The molecular formula is C29H28N6O2. The lowest BCUT2D eigenvalue weighted by Crippen LogP contribution is -2.34. The van der Waals surface area contributed by atoms with Crippen LogP contribution in [-0.4, -0.2) is 32.0 Å². The van der Waals surface area contributed by atoms with E-state index >= 15 is 0 Å². The van der Waals surface area contributed by atoms with E-state index < -0.39 is 0 Å². The van der Waals surface area contributed by atoms with Gasteiger partial charge < -0.3 is 15.6 Å². The van der Waals surface area contributed by atoms with Gasteiger partial charge in [0.1, 0.15) is 6.54 Å². The number of carbonyl (C=O) groups is 1. The first-order chi connectivity index (χ1) is 18.2. The van der Waals surface area contributed by atoms with Crippen molar-refractivity contribution in [3.05, 3.63) is 113 Å². The normalized spacial score (nSPS) is 10.9. The number of hydrogen-bond donors (Lipinski definition) is 3. The Balaban J connectivity index is 1.30. The maximum absolute atomic E-state index is 13.4. The molecule has 0 bridgehead atoms. The first-order valence-electron chi connectivity index (χ1n) is 12.3. The highest BCUT2D eigenvalue weighted by atomic mass is 16.2. The van der Waals surface area contributed by atoms with Crippen molar-refractivity contribution in [3.63, 3.8) is 0 Å². The van der Waals surface area contributed by atoms with Gasteiger partial charge in [-0.15, -0.1) is 0 Å². The Hall–Kier alpha value is -4.72. The van der Waals surface area contributed by atoms with Crippen molar-refractivity contribution in [2.24, 2.45) is 0 Å². The highest BCUT2D eigenvalue weighted by molar-refractivity contribution is 5.80. The minimum Gasteiger partial charge on any atom is -0.365 e. The minimum absolute atomic E-state index is 0.119. The highest BCUT2D eigenvalue weighted by Gasteiger charge is 2.15. The van der Waals surface area contributed by atoms with Crippen LogP contribution in [0.1, 0.15) is 17.7 Å². The number of aromatic amines is 1. The van der Waals surface area contributed by atoms with Gasteiger partial charge in [0.15, 0.2) is 5.82 Å². The molecule has 3 heterocycles. The number of aromatic nitrogens is 4. The molecule has 5 aromatic rings. The number of nitrogens with one attached hydrogen (secondary N) is 3. The van der Waals surface area contributed by atoms with E-state index in [-0.39, 0.29) is 23.8 Å². The average Bonchev–Trinajstić information content (AvgIpc) is 3.36. The predicted octanol–water partition coefficient (Wildman–Crippen LogP) is 4.15. The number of rotatable bonds is 10. The molecule has 8 nitrogen and oxygen atoms in total. The van der Waals surface area contributed by atoms with E-state index in [4.69, 9.17) is 0 Å². The molecule has 0 radical (unpaired) electrons. The molecule has 3 N–H and O–H groups in total. The molecule has 2 aromatic carbocycles. The van der Waals surface area contributed by atoms with Crippen LogP contribution in [-0.2, 0) is 24.3 Å². The van der Waals surface area contributed by atoms with Gasteiger partial charge in [0.05, 0.1) is 18.4 Å². The van der Waals surface area contributed by atoms with Crippen molar-refractivity contribution in [2.75, 3.05) is 11.9 Å². The quantitative estimate of drug-likeness (QED) is 0.254. The molecule has 0 atom stereocenters. The highest BCUT2D eigenvalue weighted by Crippen LogP contribution is 2.18. The van der Waals surface area contributed by atoms with Gasteiger partial charge in [-0.25, -0.2) is 4.98 Å². The van der Waals surface area contributed by atoms with Crippen LogP contribution < -0.4 is 16.2 Å². The second-order valence-electron chi connectivity index (χ2n) is 8.80. The molecule has 0 fully saturated rings. The van der Waals surface area contributed by atoms with Gasteiger partial charge >= 0.3 is 0 Å². The third-order valence-corrected chi connectivity index (χ3v) is 6.16. The first kappa shape index (κ1) is 24.0. The number of benzene rings is 2. The number of hydrogen-bond acceptors (Lipinski definition) is 5. The SMILES string of the molecule is O=C(Cn1c(-c2ccccc2)cnc(NCCCc2ccccc2)c1=O)NCc1cc2cnccc2[nH]1. The number of H-pyrrole nitrogens is 1. The van der Waals surface area contributed by atoms with Crippen LogP contribution in [0.5, 0.6) is 0 Å². The third kappa shape index (κ3) is 5.92. The lowest BCUT2D eigenvalue weighted by molar-refractivity contribution is -0.121. The molecule has 0 aliphatic carbocycles. The molecule has 0 unspecified atom stereocenters. The van der Waals surface area contributed by atoms with Crippen LogP contribution >= 0.6 is 0 Å². The summed E-state index contributed by atoms with van der Waals surface area (Å²) in [5, 5.41) is 7.05. The van der Waals surface area contributed by atoms with E-state index in [1.54, 1.807) is 18.6 Å². The summed E-state index contributed by atoms with van der Waals surface area (Å²) in [6, 6.07) is 23.5. The zero-order chi connectivity index (χ0) is 25.5. The lowest BCUT2D eigenvalue weighted by atomic mass is 10.1. The van der Waals surface area contributed by atoms with Crippen LogP contribution in [0, 0.1) is 0 Å². The zero-order valence-corrected chi connectivity index (χ0v) is 20.4. The van der Waals surface area contributed by atoms with Gasteiger partial charge in [0, 0.05) is 35.5 Å². The summed E-state index contributed by atoms with van der Waals surface area (Å²) in [7, 11) is 0. The fraction of sp³-hybridized carbons (Fsp3) is 0.172. The van der Waals surface area contributed by atoms with Crippen molar-refractivity contribution in [1.29, 1.82) is 0 Å². The smallest absolute Gasteiger partial charge is 0.294 e.